The lowest BCUT2D eigenvalue weighted by Crippen LogP contribution is -2.46. The van der Waals surface area contributed by atoms with Crippen molar-refractivity contribution in [3.8, 4) is 5.75 Å². The number of likely N-dealkylation sites (tertiary alicyclic amines) is 1. The van der Waals surface area contributed by atoms with E-state index >= 15 is 0 Å². The highest BCUT2D eigenvalue weighted by atomic mass is 35.5. The fraction of sp³-hybridized carbons (Fsp3) is 0.318. The average Bonchev–Trinajstić information content (AvgIpc) is 3.32. The molecule has 1 saturated heterocycles. The number of piperidine rings is 1. The summed E-state index contributed by atoms with van der Waals surface area (Å²) in [6.45, 7) is 2.20. The maximum absolute atomic E-state index is 13.2. The molecule has 2 N–H and O–H groups in total. The summed E-state index contributed by atoms with van der Waals surface area (Å²) in [5, 5.41) is 16.9. The van der Waals surface area contributed by atoms with E-state index in [4.69, 9.17) is 23.2 Å². The number of halogens is 2. The van der Waals surface area contributed by atoms with E-state index in [9.17, 15) is 19.5 Å². The van der Waals surface area contributed by atoms with Gasteiger partial charge in [0, 0.05) is 31.1 Å². The van der Waals surface area contributed by atoms with E-state index in [1.807, 2.05) is 6.92 Å². The van der Waals surface area contributed by atoms with Gasteiger partial charge in [0.05, 0.1) is 16.2 Å². The summed E-state index contributed by atoms with van der Waals surface area (Å²) < 4.78 is 5.87. The van der Waals surface area contributed by atoms with Gasteiger partial charge in [-0.25, -0.2) is 4.98 Å². The minimum atomic E-state index is -0.785. The van der Waals surface area contributed by atoms with Gasteiger partial charge >= 0.3 is 0 Å². The monoisotopic (exact) mass is 505 g/mol. The van der Waals surface area contributed by atoms with E-state index < -0.39 is 22.9 Å². The Morgan fingerprint density at radius 3 is 2.68 bits per heavy atom. The van der Waals surface area contributed by atoms with Crippen molar-refractivity contribution in [3.05, 3.63) is 68.1 Å². The van der Waals surface area contributed by atoms with Gasteiger partial charge in [-0.05, 0) is 38.0 Å². The smallest absolute Gasteiger partial charge is 0.296 e. The molecule has 1 fully saturated rings. The number of rotatable bonds is 4. The Balaban J connectivity index is 1.65. The first-order valence-corrected chi connectivity index (χ1v) is 11.2. The third-order valence-electron chi connectivity index (χ3n) is 5.88. The van der Waals surface area contributed by atoms with Crippen LogP contribution < -0.4 is 10.9 Å². The fourth-order valence-electron chi connectivity index (χ4n) is 3.98. The summed E-state index contributed by atoms with van der Waals surface area (Å²) >= 11 is 12.1. The molecule has 0 radical (unpaired) electrons. The zero-order valence-corrected chi connectivity index (χ0v) is 19.8. The zero-order chi connectivity index (χ0) is 24.6. The van der Waals surface area contributed by atoms with E-state index in [1.54, 1.807) is 17.0 Å². The summed E-state index contributed by atoms with van der Waals surface area (Å²) in [4.78, 5) is 44.6. The summed E-state index contributed by atoms with van der Waals surface area (Å²) in [5.41, 5.74) is -0.539. The van der Waals surface area contributed by atoms with Crippen LogP contribution in [0.15, 0.2) is 40.0 Å². The van der Waals surface area contributed by atoms with Crippen molar-refractivity contribution in [2.24, 2.45) is 7.05 Å². The molecule has 1 unspecified atom stereocenters. The van der Waals surface area contributed by atoms with Crippen molar-refractivity contribution in [2.75, 3.05) is 11.9 Å². The van der Waals surface area contributed by atoms with Crippen molar-refractivity contribution in [3.63, 3.8) is 0 Å². The molecule has 2 aromatic heterocycles. The standard InChI is InChI=1S/C22H21Cl2N5O5/c1-11-3-4-13(9-29(11)21(32)12-5-6-15(23)16(24)7-12)19-27-17(18(30)22(33)28(19)2)20(31)26-14-8-25-34-10-14/h5-8,10-11,13,30H,3-4,9H2,1-2H3,(H,26,31)/t11-,13?/m1/s1. The molecule has 0 saturated carbocycles. The molecule has 10 nitrogen and oxygen atoms in total. The Bertz CT molecular complexity index is 1310. The molecule has 3 heterocycles. The predicted octanol–water partition coefficient (Wildman–Crippen LogP) is 3.44. The number of carbonyl (C=O) groups is 2. The third-order valence-corrected chi connectivity index (χ3v) is 6.62. The molecule has 0 spiro atoms. The largest absolute Gasteiger partial charge is 0.501 e. The van der Waals surface area contributed by atoms with Gasteiger partial charge < -0.3 is 19.8 Å². The van der Waals surface area contributed by atoms with E-state index in [0.717, 1.165) is 0 Å². The van der Waals surface area contributed by atoms with Crippen molar-refractivity contribution in [2.45, 2.75) is 31.7 Å². The Kier molecular flexibility index (Phi) is 6.63. The van der Waals surface area contributed by atoms with E-state index in [1.165, 1.54) is 30.1 Å². The molecular weight excluding hydrogens is 485 g/mol. The quantitative estimate of drug-likeness (QED) is 0.554. The van der Waals surface area contributed by atoms with Gasteiger partial charge in [0.2, 0.25) is 5.75 Å². The van der Waals surface area contributed by atoms with E-state index in [-0.39, 0.29) is 40.9 Å². The van der Waals surface area contributed by atoms with E-state index in [0.29, 0.717) is 23.4 Å². The zero-order valence-electron chi connectivity index (χ0n) is 18.3. The van der Waals surface area contributed by atoms with Gasteiger partial charge in [0.25, 0.3) is 17.4 Å². The number of nitrogens with one attached hydrogen (secondary N) is 1. The number of amides is 2. The van der Waals surface area contributed by atoms with Crippen LogP contribution in [0.5, 0.6) is 5.75 Å². The van der Waals surface area contributed by atoms with Gasteiger partial charge in [-0.1, -0.05) is 28.4 Å². The molecule has 0 aliphatic carbocycles. The number of nitrogens with zero attached hydrogens (tertiary/aromatic N) is 4. The normalized spacial score (nSPS) is 18.1. The molecule has 0 bridgehead atoms. The van der Waals surface area contributed by atoms with Crippen molar-refractivity contribution >= 4 is 40.7 Å². The van der Waals surface area contributed by atoms with Crippen LogP contribution >= 0.6 is 23.2 Å². The lowest BCUT2D eigenvalue weighted by molar-refractivity contribution is 0.0603. The Morgan fingerprint density at radius 2 is 2.00 bits per heavy atom. The summed E-state index contributed by atoms with van der Waals surface area (Å²) in [6, 6.07) is 4.62. The highest BCUT2D eigenvalue weighted by Crippen LogP contribution is 2.31. The lowest BCUT2D eigenvalue weighted by atomic mass is 9.91. The maximum Gasteiger partial charge on any atom is 0.296 e. The van der Waals surface area contributed by atoms with Crippen LogP contribution in [0.3, 0.4) is 0 Å². The molecule has 4 rings (SSSR count). The molecule has 178 valence electrons. The Labute approximate surface area is 204 Å². The second-order valence-electron chi connectivity index (χ2n) is 8.11. The van der Waals surface area contributed by atoms with E-state index in [2.05, 4.69) is 20.0 Å². The SMILES string of the molecule is C[C@@H]1CCC(c2nc(C(=O)Nc3cnoc3)c(O)c(=O)n2C)CN1C(=O)c1ccc(Cl)c(Cl)c1. The number of aromatic hydroxyl groups is 1. The summed E-state index contributed by atoms with van der Waals surface area (Å²) in [6.07, 6.45) is 3.75. The second-order valence-corrected chi connectivity index (χ2v) is 8.92. The molecule has 1 aliphatic rings. The van der Waals surface area contributed by atoms with Crippen LogP contribution in [0.2, 0.25) is 10.0 Å². The van der Waals surface area contributed by atoms with Crippen LogP contribution in [-0.2, 0) is 7.05 Å². The summed E-state index contributed by atoms with van der Waals surface area (Å²) in [7, 11) is 1.47. The topological polar surface area (TPSA) is 131 Å². The van der Waals surface area contributed by atoms with Crippen LogP contribution in [0.4, 0.5) is 5.69 Å². The van der Waals surface area contributed by atoms with Crippen LogP contribution in [-0.4, -0.2) is 49.1 Å². The Morgan fingerprint density at radius 1 is 1.24 bits per heavy atom. The molecule has 2 atom stereocenters. The number of anilines is 1. The number of hydrogen-bond acceptors (Lipinski definition) is 7. The summed E-state index contributed by atoms with van der Waals surface area (Å²) in [5.74, 6) is -1.84. The highest BCUT2D eigenvalue weighted by Gasteiger charge is 2.34. The molecule has 12 heteroatoms. The first kappa shape index (κ1) is 23.8. The molecular formula is C22H21Cl2N5O5. The molecule has 1 aromatic carbocycles. The predicted molar refractivity (Wildman–Crippen MR) is 125 cm³/mol. The van der Waals surface area contributed by atoms with Gasteiger partial charge in [-0.15, -0.1) is 0 Å². The van der Waals surface area contributed by atoms with Gasteiger partial charge in [-0.3, -0.25) is 19.0 Å². The third kappa shape index (κ3) is 4.51. The van der Waals surface area contributed by atoms with Gasteiger partial charge in [0.15, 0.2) is 5.69 Å². The minimum Gasteiger partial charge on any atom is -0.501 e. The van der Waals surface area contributed by atoms with Crippen molar-refractivity contribution in [1.82, 2.24) is 19.6 Å². The fourth-order valence-corrected chi connectivity index (χ4v) is 4.28. The van der Waals surface area contributed by atoms with Crippen molar-refractivity contribution < 1.29 is 19.2 Å². The second kappa shape index (κ2) is 9.47. The maximum atomic E-state index is 13.2. The highest BCUT2D eigenvalue weighted by molar-refractivity contribution is 6.42. The Hall–Kier alpha value is -3.37. The van der Waals surface area contributed by atoms with Gasteiger partial charge in [0.1, 0.15) is 17.8 Å². The van der Waals surface area contributed by atoms with Crippen molar-refractivity contribution in [1.29, 1.82) is 0 Å². The molecule has 2 amide bonds. The molecule has 1 aliphatic heterocycles. The number of hydrogen-bond donors (Lipinski definition) is 2. The number of carbonyl (C=O) groups excluding carboxylic acids is 2. The first-order chi connectivity index (χ1) is 16.2. The van der Waals surface area contributed by atoms with Crippen LogP contribution in [0.25, 0.3) is 0 Å². The van der Waals surface area contributed by atoms with Crippen LogP contribution in [0, 0.1) is 0 Å². The number of benzene rings is 1. The minimum absolute atomic E-state index is 0.0660. The molecule has 3 aromatic rings. The van der Waals surface area contributed by atoms with Gasteiger partial charge in [-0.2, -0.15) is 0 Å². The number of aromatic nitrogens is 3. The van der Waals surface area contributed by atoms with Crippen LogP contribution in [0.1, 0.15) is 52.4 Å². The molecule has 34 heavy (non-hydrogen) atoms. The lowest BCUT2D eigenvalue weighted by Gasteiger charge is -2.38. The average molecular weight is 506 g/mol. The first-order valence-electron chi connectivity index (χ1n) is 10.4.